The van der Waals surface area contributed by atoms with Crippen LogP contribution in [0.1, 0.15) is 0 Å². The summed E-state index contributed by atoms with van der Waals surface area (Å²) in [6.45, 7) is 0.319. The Kier molecular flexibility index (Phi) is 4.40. The highest BCUT2D eigenvalue weighted by Gasteiger charge is 1.61. The Morgan fingerprint density at radius 1 is 1.50 bits per heavy atom. The minimum Gasteiger partial charge on any atom is -0.392 e. The van der Waals surface area contributed by atoms with Gasteiger partial charge in [-0.15, -0.1) is 0 Å². The van der Waals surface area contributed by atoms with Gasteiger partial charge in [0.05, 0.1) is 6.61 Å². The molecule has 0 fully saturated rings. The molecule has 0 saturated heterocycles. The molecule has 6 heavy (non-hydrogen) atoms. The lowest BCUT2D eigenvalue weighted by Crippen LogP contribution is -1.76. The van der Waals surface area contributed by atoms with Crippen LogP contribution in [0.4, 0.5) is 0 Å². The van der Waals surface area contributed by atoms with Gasteiger partial charge in [-0.1, -0.05) is 12.2 Å². The summed E-state index contributed by atoms with van der Waals surface area (Å²) in [5, 5.41) is 8.03. The monoisotopic (exact) mass is 86.1 g/mol. The maximum Gasteiger partial charge on any atom is 0.0612 e. The van der Waals surface area contributed by atoms with Crippen LogP contribution in [0, 0.1) is 0 Å². The second kappa shape index (κ2) is 4.66. The summed E-state index contributed by atoms with van der Waals surface area (Å²) >= 11 is 0. The second-order valence-electron chi connectivity index (χ2n) is 0.858. The number of hydrogen-bond donors (Lipinski definition) is 1. The summed E-state index contributed by atoms with van der Waals surface area (Å²) in [7, 11) is 0. The standard InChI is InChI=1S/C4H8NO/c5-3-1-2-4-6/h1-2,5-6H,3-4H2/b2-1+. The van der Waals surface area contributed by atoms with Crippen molar-refractivity contribution < 1.29 is 5.11 Å². The third-order valence-corrected chi connectivity index (χ3v) is 0.390. The highest BCUT2D eigenvalue weighted by atomic mass is 16.2. The van der Waals surface area contributed by atoms with E-state index in [0.717, 1.165) is 0 Å². The first kappa shape index (κ1) is 5.66. The fraction of sp³-hybridized carbons (Fsp3) is 0.500. The largest absolute Gasteiger partial charge is 0.392 e. The van der Waals surface area contributed by atoms with E-state index in [2.05, 4.69) is 0 Å². The van der Waals surface area contributed by atoms with Gasteiger partial charge in [0.25, 0.3) is 0 Å². The van der Waals surface area contributed by atoms with E-state index in [-0.39, 0.29) is 13.2 Å². The zero-order chi connectivity index (χ0) is 4.83. The number of aliphatic hydroxyl groups is 1. The summed E-state index contributed by atoms with van der Waals surface area (Å²) in [6, 6.07) is 0. The van der Waals surface area contributed by atoms with Gasteiger partial charge in [0.15, 0.2) is 0 Å². The van der Waals surface area contributed by atoms with E-state index in [4.69, 9.17) is 10.8 Å². The molecule has 0 atom stereocenters. The molecular formula is C4H8NO. The van der Waals surface area contributed by atoms with Crippen LogP contribution in [-0.4, -0.2) is 18.3 Å². The SMILES string of the molecule is [NH]C/C=C/CO. The molecule has 0 unspecified atom stereocenters. The fourth-order valence-electron chi connectivity index (χ4n) is 0.158. The van der Waals surface area contributed by atoms with Gasteiger partial charge in [0.1, 0.15) is 0 Å². The fourth-order valence-corrected chi connectivity index (χ4v) is 0.158. The highest BCUT2D eigenvalue weighted by Crippen LogP contribution is 1.62. The summed E-state index contributed by atoms with van der Waals surface area (Å²) < 4.78 is 0. The van der Waals surface area contributed by atoms with Crippen LogP contribution in [0.3, 0.4) is 0 Å². The van der Waals surface area contributed by atoms with Crippen molar-refractivity contribution in [1.82, 2.24) is 5.73 Å². The van der Waals surface area contributed by atoms with Gasteiger partial charge in [0, 0.05) is 6.54 Å². The molecule has 0 rings (SSSR count). The molecule has 0 amide bonds. The van der Waals surface area contributed by atoms with E-state index in [1.54, 1.807) is 12.2 Å². The number of nitrogens with one attached hydrogen (secondary N) is 1. The predicted octanol–water partition coefficient (Wildman–Crippen LogP) is -0.182. The molecule has 0 bridgehead atoms. The van der Waals surface area contributed by atoms with Crippen molar-refractivity contribution in [2.24, 2.45) is 0 Å². The Labute approximate surface area is 37.3 Å². The van der Waals surface area contributed by atoms with Gasteiger partial charge in [0.2, 0.25) is 0 Å². The van der Waals surface area contributed by atoms with Gasteiger partial charge in [-0.3, -0.25) is 5.73 Å². The average Bonchev–Trinajstić information content (AvgIpc) is 1.61. The van der Waals surface area contributed by atoms with Crippen LogP contribution in [0.2, 0.25) is 0 Å². The zero-order valence-corrected chi connectivity index (χ0v) is 3.52. The Hall–Kier alpha value is -0.340. The van der Waals surface area contributed by atoms with E-state index >= 15 is 0 Å². The molecular weight excluding hydrogens is 78.0 g/mol. The molecule has 2 heteroatoms. The molecule has 2 N–H and O–H groups in total. The van der Waals surface area contributed by atoms with Crippen LogP contribution in [-0.2, 0) is 0 Å². The van der Waals surface area contributed by atoms with Crippen LogP contribution >= 0.6 is 0 Å². The van der Waals surface area contributed by atoms with Crippen molar-refractivity contribution in [3.8, 4) is 0 Å². The Morgan fingerprint density at radius 2 is 2.17 bits per heavy atom. The van der Waals surface area contributed by atoms with Gasteiger partial charge < -0.3 is 5.11 Å². The minimum absolute atomic E-state index is 0.0544. The van der Waals surface area contributed by atoms with Crippen molar-refractivity contribution in [2.45, 2.75) is 0 Å². The smallest absolute Gasteiger partial charge is 0.0612 e. The molecule has 1 radical (unpaired) electrons. The number of hydrogen-bond acceptors (Lipinski definition) is 1. The van der Waals surface area contributed by atoms with Gasteiger partial charge in [-0.2, -0.15) is 0 Å². The Bertz CT molecular complexity index is 36.8. The lowest BCUT2D eigenvalue weighted by molar-refractivity contribution is 0.342. The van der Waals surface area contributed by atoms with Gasteiger partial charge in [-0.25, -0.2) is 0 Å². The third-order valence-electron chi connectivity index (χ3n) is 0.390. The summed E-state index contributed by atoms with van der Waals surface area (Å²) in [5.74, 6) is 0. The first-order valence-corrected chi connectivity index (χ1v) is 1.82. The molecule has 2 nitrogen and oxygen atoms in total. The maximum atomic E-state index is 8.03. The predicted molar refractivity (Wildman–Crippen MR) is 24.2 cm³/mol. The molecule has 0 aromatic rings. The van der Waals surface area contributed by atoms with Crippen molar-refractivity contribution in [2.75, 3.05) is 13.2 Å². The maximum absolute atomic E-state index is 8.03. The molecule has 0 aliphatic carbocycles. The quantitative estimate of drug-likeness (QED) is 0.465. The molecule has 0 heterocycles. The first-order valence-electron chi connectivity index (χ1n) is 1.82. The normalized spacial score (nSPS) is 10.3. The highest BCUT2D eigenvalue weighted by molar-refractivity contribution is 4.80. The minimum atomic E-state index is 0.0544. The van der Waals surface area contributed by atoms with E-state index in [9.17, 15) is 0 Å². The molecule has 0 saturated carbocycles. The third kappa shape index (κ3) is 3.66. The van der Waals surface area contributed by atoms with Crippen molar-refractivity contribution in [3.05, 3.63) is 12.2 Å². The molecule has 35 valence electrons. The van der Waals surface area contributed by atoms with Crippen LogP contribution in [0.5, 0.6) is 0 Å². The molecule has 0 aromatic carbocycles. The van der Waals surface area contributed by atoms with Crippen LogP contribution < -0.4 is 5.73 Å². The molecule has 0 aliphatic rings. The summed E-state index contributed by atoms with van der Waals surface area (Å²) in [5.41, 5.74) is 6.51. The lowest BCUT2D eigenvalue weighted by Gasteiger charge is -1.72. The van der Waals surface area contributed by atoms with E-state index < -0.39 is 0 Å². The van der Waals surface area contributed by atoms with Crippen molar-refractivity contribution >= 4 is 0 Å². The summed E-state index contributed by atoms with van der Waals surface area (Å²) in [6.07, 6.45) is 3.15. The first-order chi connectivity index (χ1) is 2.91. The molecule has 0 aliphatic heterocycles. The van der Waals surface area contributed by atoms with Crippen molar-refractivity contribution in [3.63, 3.8) is 0 Å². The second-order valence-corrected chi connectivity index (χ2v) is 0.858. The zero-order valence-electron chi connectivity index (χ0n) is 3.52. The Morgan fingerprint density at radius 3 is 2.33 bits per heavy atom. The lowest BCUT2D eigenvalue weighted by atomic mass is 10.5. The van der Waals surface area contributed by atoms with Gasteiger partial charge >= 0.3 is 0 Å². The van der Waals surface area contributed by atoms with Crippen LogP contribution in [0.25, 0.3) is 0 Å². The molecule has 0 aromatic heterocycles. The van der Waals surface area contributed by atoms with E-state index in [1.165, 1.54) is 0 Å². The molecule has 0 spiro atoms. The Balaban J connectivity index is 2.73. The van der Waals surface area contributed by atoms with E-state index in [1.807, 2.05) is 0 Å². The van der Waals surface area contributed by atoms with Gasteiger partial charge in [-0.05, 0) is 0 Å². The van der Waals surface area contributed by atoms with Crippen LogP contribution in [0.15, 0.2) is 12.2 Å². The topological polar surface area (TPSA) is 44.0 Å². The number of rotatable bonds is 2. The summed E-state index contributed by atoms with van der Waals surface area (Å²) in [4.78, 5) is 0. The average molecular weight is 86.1 g/mol. The van der Waals surface area contributed by atoms with E-state index in [0.29, 0.717) is 0 Å². The number of aliphatic hydroxyl groups excluding tert-OH is 1. The van der Waals surface area contributed by atoms with Crippen molar-refractivity contribution in [1.29, 1.82) is 0 Å².